The van der Waals surface area contributed by atoms with Crippen LogP contribution in [0.25, 0.3) is 22.1 Å². The molecule has 3 N–H and O–H groups in total. The number of benzene rings is 1. The van der Waals surface area contributed by atoms with Crippen LogP contribution in [0.2, 0.25) is 0 Å². The molecule has 5 nitrogen and oxygen atoms in total. The Balaban J connectivity index is 1.81. The topological polar surface area (TPSA) is 77.6 Å². The van der Waals surface area contributed by atoms with Gasteiger partial charge in [-0.1, -0.05) is 12.1 Å². The summed E-state index contributed by atoms with van der Waals surface area (Å²) in [6.45, 7) is 0. The maximum absolute atomic E-state index is 9.77. The van der Waals surface area contributed by atoms with Gasteiger partial charge in [-0.3, -0.25) is 0 Å². The van der Waals surface area contributed by atoms with E-state index in [-0.39, 0.29) is 11.7 Å². The molecule has 0 spiro atoms. The molecule has 138 valence electrons. The molecule has 0 aliphatic heterocycles. The fourth-order valence-electron chi connectivity index (χ4n) is 3.67. The molecule has 0 fully saturated rings. The lowest BCUT2D eigenvalue weighted by atomic mass is 9.85. The highest BCUT2D eigenvalue weighted by Gasteiger charge is 2.24. The lowest BCUT2D eigenvalue weighted by Gasteiger charge is -2.17. The molecule has 0 bridgehead atoms. The normalized spacial score (nSPS) is 11.7. The first-order valence-corrected chi connectivity index (χ1v) is 10.2. The minimum Gasteiger partial charge on any atom is -0.508 e. The number of phenolic OH excluding ortho intramolecular Hbond substituents is 1. The number of halogens is 2. The number of aromatic nitrogens is 4. The molecule has 5 aromatic rings. The van der Waals surface area contributed by atoms with E-state index in [9.17, 15) is 5.11 Å². The molecule has 4 heterocycles. The van der Waals surface area contributed by atoms with Crippen molar-refractivity contribution < 1.29 is 5.11 Å². The van der Waals surface area contributed by atoms with Gasteiger partial charge < -0.3 is 15.1 Å². The minimum absolute atomic E-state index is 0.0599. The van der Waals surface area contributed by atoms with Crippen LogP contribution in [0, 0.1) is 0 Å². The Bertz CT molecular complexity index is 1230. The number of aromatic hydroxyl groups is 1. The largest absolute Gasteiger partial charge is 0.508 e. The molecule has 0 saturated heterocycles. The summed E-state index contributed by atoms with van der Waals surface area (Å²) >= 11 is 7.06. The highest BCUT2D eigenvalue weighted by Crippen LogP contribution is 2.40. The molecule has 0 amide bonds. The lowest BCUT2D eigenvalue weighted by molar-refractivity contribution is 0.475. The van der Waals surface area contributed by atoms with E-state index < -0.39 is 0 Å². The number of hydrogen-bond acceptors (Lipinski definition) is 3. The van der Waals surface area contributed by atoms with Crippen molar-refractivity contribution in [3.8, 4) is 5.75 Å². The number of hydrogen-bond donors (Lipinski definition) is 3. The van der Waals surface area contributed by atoms with E-state index in [0.717, 1.165) is 47.7 Å². The predicted octanol–water partition coefficient (Wildman–Crippen LogP) is 5.85. The fourth-order valence-corrected chi connectivity index (χ4v) is 4.33. The third kappa shape index (κ3) is 2.91. The highest BCUT2D eigenvalue weighted by atomic mass is 79.9. The number of H-pyrrole nitrogens is 2. The summed E-state index contributed by atoms with van der Waals surface area (Å²) in [6, 6.07) is 11.5. The molecule has 5 rings (SSSR count). The second-order valence-electron chi connectivity index (χ2n) is 6.61. The van der Waals surface area contributed by atoms with Crippen molar-refractivity contribution in [1.82, 2.24) is 19.9 Å². The number of fused-ring (bicyclic) bond motifs is 2. The molecule has 28 heavy (non-hydrogen) atoms. The second kappa shape index (κ2) is 6.76. The first-order chi connectivity index (χ1) is 13.6. The first-order valence-electron chi connectivity index (χ1n) is 8.64. The number of rotatable bonds is 3. The smallest absolute Gasteiger partial charge is 0.137 e. The number of nitrogens with zero attached hydrogens (tertiary/aromatic N) is 2. The van der Waals surface area contributed by atoms with Crippen molar-refractivity contribution in [1.29, 1.82) is 0 Å². The van der Waals surface area contributed by atoms with Crippen LogP contribution in [0.3, 0.4) is 0 Å². The van der Waals surface area contributed by atoms with Gasteiger partial charge in [0.05, 0.1) is 0 Å². The number of aromatic amines is 2. The van der Waals surface area contributed by atoms with E-state index in [4.69, 9.17) is 0 Å². The van der Waals surface area contributed by atoms with E-state index in [2.05, 4.69) is 63.9 Å². The number of phenols is 1. The zero-order chi connectivity index (χ0) is 19.3. The van der Waals surface area contributed by atoms with Crippen molar-refractivity contribution in [3.63, 3.8) is 0 Å². The summed E-state index contributed by atoms with van der Waals surface area (Å²) < 4.78 is 1.85. The average molecular weight is 498 g/mol. The molecule has 0 aliphatic rings. The number of pyridine rings is 2. The van der Waals surface area contributed by atoms with Crippen LogP contribution in [0.4, 0.5) is 0 Å². The van der Waals surface area contributed by atoms with Crippen LogP contribution >= 0.6 is 31.9 Å². The summed E-state index contributed by atoms with van der Waals surface area (Å²) in [7, 11) is 0. The Labute approximate surface area is 177 Å². The van der Waals surface area contributed by atoms with Gasteiger partial charge in [-0.2, -0.15) is 0 Å². The van der Waals surface area contributed by atoms with Crippen LogP contribution in [-0.4, -0.2) is 25.0 Å². The predicted molar refractivity (Wildman–Crippen MR) is 117 cm³/mol. The van der Waals surface area contributed by atoms with Gasteiger partial charge in [-0.05, 0) is 72.8 Å². The standard InChI is InChI=1S/C21H14Br2N4O/c22-12-5-15-17(9-26-20(15)24-7-12)19(11-1-3-14(28)4-2-11)18-10-27-21-16(18)6-13(23)8-25-21/h1-10,19,28H,(H,24,26)(H,25,27). The Hall–Kier alpha value is -2.64. The van der Waals surface area contributed by atoms with Gasteiger partial charge in [0.25, 0.3) is 0 Å². The fraction of sp³-hybridized carbons (Fsp3) is 0.0476. The van der Waals surface area contributed by atoms with Gasteiger partial charge in [0.1, 0.15) is 17.0 Å². The van der Waals surface area contributed by atoms with Gasteiger partial charge in [-0.15, -0.1) is 0 Å². The van der Waals surface area contributed by atoms with E-state index in [1.165, 1.54) is 0 Å². The van der Waals surface area contributed by atoms with E-state index in [1.54, 1.807) is 24.5 Å². The van der Waals surface area contributed by atoms with Crippen LogP contribution in [-0.2, 0) is 0 Å². The van der Waals surface area contributed by atoms with Crippen molar-refractivity contribution in [2.45, 2.75) is 5.92 Å². The van der Waals surface area contributed by atoms with Crippen LogP contribution < -0.4 is 0 Å². The molecule has 0 saturated carbocycles. The first kappa shape index (κ1) is 17.5. The average Bonchev–Trinajstić information content (AvgIpc) is 3.28. The van der Waals surface area contributed by atoms with Crippen LogP contribution in [0.5, 0.6) is 5.75 Å². The Morgan fingerprint density at radius 2 is 1.29 bits per heavy atom. The minimum atomic E-state index is -0.0599. The molecule has 0 aliphatic carbocycles. The van der Waals surface area contributed by atoms with Crippen molar-refractivity contribution >= 4 is 53.9 Å². The number of nitrogens with one attached hydrogen (secondary N) is 2. The summed E-state index contributed by atoms with van der Waals surface area (Å²) in [5, 5.41) is 11.9. The molecule has 1 aromatic carbocycles. The van der Waals surface area contributed by atoms with E-state index >= 15 is 0 Å². The van der Waals surface area contributed by atoms with Gasteiger partial charge in [0, 0.05) is 50.4 Å². The molecule has 7 heteroatoms. The van der Waals surface area contributed by atoms with Crippen LogP contribution in [0.15, 0.2) is 70.1 Å². The zero-order valence-corrected chi connectivity index (χ0v) is 17.6. The lowest BCUT2D eigenvalue weighted by Crippen LogP contribution is -2.02. The molecule has 0 atom stereocenters. The van der Waals surface area contributed by atoms with Crippen LogP contribution in [0.1, 0.15) is 22.6 Å². The Morgan fingerprint density at radius 1 is 0.786 bits per heavy atom. The monoisotopic (exact) mass is 496 g/mol. The molecule has 4 aromatic heterocycles. The summed E-state index contributed by atoms with van der Waals surface area (Å²) in [5.74, 6) is 0.185. The third-order valence-corrected chi connectivity index (χ3v) is 5.78. The Kier molecular flexibility index (Phi) is 4.21. The summed E-state index contributed by atoms with van der Waals surface area (Å²) in [4.78, 5) is 15.5. The van der Waals surface area contributed by atoms with Gasteiger partial charge >= 0.3 is 0 Å². The van der Waals surface area contributed by atoms with Crippen molar-refractivity contribution in [2.24, 2.45) is 0 Å². The Morgan fingerprint density at radius 3 is 1.79 bits per heavy atom. The second-order valence-corrected chi connectivity index (χ2v) is 8.44. The van der Waals surface area contributed by atoms with Gasteiger partial charge in [0.15, 0.2) is 0 Å². The van der Waals surface area contributed by atoms with Crippen molar-refractivity contribution in [3.05, 3.63) is 86.8 Å². The maximum Gasteiger partial charge on any atom is 0.137 e. The molecule has 0 unspecified atom stereocenters. The highest BCUT2D eigenvalue weighted by molar-refractivity contribution is 9.10. The molecular formula is C21H14Br2N4O. The van der Waals surface area contributed by atoms with E-state index in [1.807, 2.05) is 24.5 Å². The van der Waals surface area contributed by atoms with Crippen molar-refractivity contribution in [2.75, 3.05) is 0 Å². The van der Waals surface area contributed by atoms with Gasteiger partial charge in [0.2, 0.25) is 0 Å². The SMILES string of the molecule is Oc1ccc(C(c2c[nH]c3ncc(Br)cc23)c2c[nH]c3ncc(Br)cc23)cc1. The third-order valence-electron chi connectivity index (χ3n) is 4.91. The maximum atomic E-state index is 9.77. The molecular weight excluding hydrogens is 484 g/mol. The van der Waals surface area contributed by atoms with Gasteiger partial charge in [-0.25, -0.2) is 9.97 Å². The summed E-state index contributed by atoms with van der Waals surface area (Å²) in [6.07, 6.45) is 7.58. The quantitative estimate of drug-likeness (QED) is 0.292. The van der Waals surface area contributed by atoms with E-state index in [0.29, 0.717) is 0 Å². The molecule has 0 radical (unpaired) electrons. The zero-order valence-electron chi connectivity index (χ0n) is 14.4. The summed E-state index contributed by atoms with van der Waals surface area (Å²) in [5.41, 5.74) is 4.95.